The summed E-state index contributed by atoms with van der Waals surface area (Å²) in [4.78, 5) is 4.45. The second kappa shape index (κ2) is 6.10. The Hall–Kier alpha value is -1.14. The summed E-state index contributed by atoms with van der Waals surface area (Å²) in [6, 6.07) is 3.18. The van der Waals surface area contributed by atoms with E-state index in [-0.39, 0.29) is 0 Å². The van der Waals surface area contributed by atoms with Gasteiger partial charge in [-0.15, -0.1) is 0 Å². The average molecular weight is 297 g/mol. The Balaban J connectivity index is 2.27. The molecular weight excluding hydrogens is 274 g/mol. The number of hydrogen-bond acceptors (Lipinski definition) is 4. The Labute approximate surface area is 121 Å². The Morgan fingerprint density at radius 2 is 2.00 bits per heavy atom. The van der Waals surface area contributed by atoms with Crippen molar-refractivity contribution in [1.82, 2.24) is 9.29 Å². The van der Waals surface area contributed by atoms with Gasteiger partial charge in [0.15, 0.2) is 0 Å². The molecule has 1 aromatic rings. The zero-order chi connectivity index (χ0) is 14.8. The molecule has 5 nitrogen and oxygen atoms in total. The van der Waals surface area contributed by atoms with Crippen LogP contribution in [0.25, 0.3) is 0 Å². The molecule has 2 unspecified atom stereocenters. The van der Waals surface area contributed by atoms with Crippen LogP contribution in [-0.4, -0.2) is 37.3 Å². The highest BCUT2D eigenvalue weighted by atomic mass is 32.2. The molecule has 1 N–H and O–H groups in total. The molecule has 0 aromatic carbocycles. The molecule has 2 rings (SSSR count). The van der Waals surface area contributed by atoms with E-state index in [1.165, 1.54) is 0 Å². The number of rotatable bonds is 4. The lowest BCUT2D eigenvalue weighted by atomic mass is 9.94. The predicted molar refractivity (Wildman–Crippen MR) is 80.1 cm³/mol. The van der Waals surface area contributed by atoms with Crippen molar-refractivity contribution in [3.05, 3.63) is 18.3 Å². The van der Waals surface area contributed by atoms with Gasteiger partial charge in [-0.2, -0.15) is 4.31 Å². The maximum absolute atomic E-state index is 12.7. The number of nitrogens with zero attached hydrogens (tertiary/aromatic N) is 2. The summed E-state index contributed by atoms with van der Waals surface area (Å²) in [6.45, 7) is 8.09. The first-order valence-corrected chi connectivity index (χ1v) is 8.57. The van der Waals surface area contributed by atoms with Crippen LogP contribution < -0.4 is 5.32 Å². The predicted octanol–water partition coefficient (Wildman–Crippen LogP) is 2.18. The van der Waals surface area contributed by atoms with Crippen LogP contribution in [0.4, 0.5) is 5.82 Å². The Bertz CT molecular complexity index is 549. The van der Waals surface area contributed by atoms with E-state index in [2.05, 4.69) is 24.1 Å². The largest absolute Gasteiger partial charge is 0.370 e. The van der Waals surface area contributed by atoms with Crippen LogP contribution in [0.5, 0.6) is 0 Å². The first kappa shape index (κ1) is 15.3. The van der Waals surface area contributed by atoms with Gasteiger partial charge in [-0.25, -0.2) is 13.4 Å². The van der Waals surface area contributed by atoms with Gasteiger partial charge in [0.1, 0.15) is 5.82 Å². The van der Waals surface area contributed by atoms with Gasteiger partial charge in [-0.3, -0.25) is 0 Å². The quantitative estimate of drug-likeness (QED) is 0.925. The third-order valence-corrected chi connectivity index (χ3v) is 5.39. The zero-order valence-electron chi connectivity index (χ0n) is 12.3. The lowest BCUT2D eigenvalue weighted by Crippen LogP contribution is -2.42. The Morgan fingerprint density at radius 1 is 1.35 bits per heavy atom. The molecule has 1 saturated heterocycles. The fraction of sp³-hybridized carbons (Fsp3) is 0.643. The van der Waals surface area contributed by atoms with Crippen molar-refractivity contribution in [2.75, 3.05) is 25.0 Å². The second-order valence-electron chi connectivity index (χ2n) is 5.68. The van der Waals surface area contributed by atoms with E-state index < -0.39 is 10.0 Å². The first-order chi connectivity index (χ1) is 9.43. The van der Waals surface area contributed by atoms with Gasteiger partial charge in [0, 0.05) is 31.9 Å². The second-order valence-corrected chi connectivity index (χ2v) is 7.61. The summed E-state index contributed by atoms with van der Waals surface area (Å²) in [7, 11) is -3.42. The fourth-order valence-corrected chi connectivity index (χ4v) is 4.49. The van der Waals surface area contributed by atoms with E-state index >= 15 is 0 Å². The van der Waals surface area contributed by atoms with Crippen LogP contribution in [0.3, 0.4) is 0 Å². The number of hydrogen-bond donors (Lipinski definition) is 1. The van der Waals surface area contributed by atoms with Crippen LogP contribution in [-0.2, 0) is 10.0 Å². The number of nitrogens with one attached hydrogen (secondary N) is 1. The van der Waals surface area contributed by atoms with Crippen molar-refractivity contribution < 1.29 is 8.42 Å². The van der Waals surface area contributed by atoms with E-state index in [0.717, 1.165) is 6.42 Å². The van der Waals surface area contributed by atoms with Crippen molar-refractivity contribution in [3.63, 3.8) is 0 Å². The van der Waals surface area contributed by atoms with E-state index in [1.54, 1.807) is 22.6 Å². The number of sulfonamides is 1. The van der Waals surface area contributed by atoms with E-state index in [0.29, 0.717) is 42.2 Å². The summed E-state index contributed by atoms with van der Waals surface area (Å²) in [5.74, 6) is 1.42. The van der Waals surface area contributed by atoms with Crippen LogP contribution in [0.2, 0.25) is 0 Å². The third kappa shape index (κ3) is 3.30. The van der Waals surface area contributed by atoms with Crippen molar-refractivity contribution >= 4 is 15.8 Å². The molecule has 0 saturated carbocycles. The number of aromatic nitrogens is 1. The molecule has 2 heterocycles. The molecule has 20 heavy (non-hydrogen) atoms. The van der Waals surface area contributed by atoms with Crippen LogP contribution in [0.15, 0.2) is 23.2 Å². The Morgan fingerprint density at radius 3 is 2.60 bits per heavy atom. The SMILES string of the molecule is CCNc1cc(S(=O)(=O)N2CC(C)CC(C)C2)ccn1. The summed E-state index contributed by atoms with van der Waals surface area (Å²) in [5.41, 5.74) is 0. The standard InChI is InChI=1S/C14H23N3O2S/c1-4-15-14-8-13(5-6-16-14)20(18,19)17-9-11(2)7-12(3)10-17/h5-6,8,11-12H,4,7,9-10H2,1-3H3,(H,15,16). The first-order valence-electron chi connectivity index (χ1n) is 7.13. The summed E-state index contributed by atoms with van der Waals surface area (Å²) in [6.07, 6.45) is 2.63. The van der Waals surface area contributed by atoms with E-state index in [1.807, 2.05) is 6.92 Å². The Kier molecular flexibility index (Phi) is 4.65. The highest BCUT2D eigenvalue weighted by molar-refractivity contribution is 7.89. The molecule has 6 heteroatoms. The maximum Gasteiger partial charge on any atom is 0.243 e. The molecule has 0 bridgehead atoms. The molecule has 0 radical (unpaired) electrons. The third-order valence-electron chi connectivity index (χ3n) is 3.56. The van der Waals surface area contributed by atoms with Crippen molar-refractivity contribution in [2.45, 2.75) is 32.1 Å². The molecule has 1 fully saturated rings. The van der Waals surface area contributed by atoms with Crippen LogP contribution in [0.1, 0.15) is 27.2 Å². The van der Waals surface area contributed by atoms with Gasteiger partial charge in [0.05, 0.1) is 4.90 Å². The monoisotopic (exact) mass is 297 g/mol. The fourth-order valence-electron chi connectivity index (χ4n) is 2.80. The van der Waals surface area contributed by atoms with Gasteiger partial charge in [-0.1, -0.05) is 13.8 Å². The molecule has 1 aliphatic heterocycles. The lowest BCUT2D eigenvalue weighted by molar-refractivity contribution is 0.222. The van der Waals surface area contributed by atoms with Gasteiger partial charge in [0.25, 0.3) is 0 Å². The normalized spacial score (nSPS) is 24.6. The molecule has 1 aromatic heterocycles. The van der Waals surface area contributed by atoms with E-state index in [4.69, 9.17) is 0 Å². The summed E-state index contributed by atoms with van der Waals surface area (Å²) < 4.78 is 27.0. The summed E-state index contributed by atoms with van der Waals surface area (Å²) in [5, 5.41) is 3.05. The topological polar surface area (TPSA) is 62.3 Å². The van der Waals surface area contributed by atoms with Crippen LogP contribution in [0, 0.1) is 11.8 Å². The minimum Gasteiger partial charge on any atom is -0.370 e. The molecular formula is C14H23N3O2S. The molecule has 0 amide bonds. The number of anilines is 1. The van der Waals surface area contributed by atoms with Crippen LogP contribution >= 0.6 is 0 Å². The minimum absolute atomic E-state index is 0.324. The zero-order valence-corrected chi connectivity index (χ0v) is 13.2. The number of piperidine rings is 1. The van der Waals surface area contributed by atoms with Gasteiger partial charge < -0.3 is 5.32 Å². The van der Waals surface area contributed by atoms with E-state index in [9.17, 15) is 8.42 Å². The molecule has 1 aliphatic rings. The smallest absolute Gasteiger partial charge is 0.243 e. The average Bonchev–Trinajstić information content (AvgIpc) is 2.38. The lowest BCUT2D eigenvalue weighted by Gasteiger charge is -2.34. The van der Waals surface area contributed by atoms with Crippen molar-refractivity contribution in [2.24, 2.45) is 11.8 Å². The molecule has 0 spiro atoms. The van der Waals surface area contributed by atoms with Gasteiger partial charge >= 0.3 is 0 Å². The molecule has 112 valence electrons. The van der Waals surface area contributed by atoms with Crippen molar-refractivity contribution in [1.29, 1.82) is 0 Å². The highest BCUT2D eigenvalue weighted by Gasteiger charge is 2.31. The van der Waals surface area contributed by atoms with Crippen molar-refractivity contribution in [3.8, 4) is 0 Å². The molecule has 0 aliphatic carbocycles. The minimum atomic E-state index is -3.42. The van der Waals surface area contributed by atoms with Gasteiger partial charge in [-0.05, 0) is 31.2 Å². The highest BCUT2D eigenvalue weighted by Crippen LogP contribution is 2.27. The molecule has 2 atom stereocenters. The number of pyridine rings is 1. The maximum atomic E-state index is 12.7. The van der Waals surface area contributed by atoms with Gasteiger partial charge in [0.2, 0.25) is 10.0 Å². The summed E-state index contributed by atoms with van der Waals surface area (Å²) >= 11 is 0.